The number of hydrogen-bond donors (Lipinski definition) is 4. The summed E-state index contributed by atoms with van der Waals surface area (Å²) in [6.07, 6.45) is 4.26. The van der Waals surface area contributed by atoms with Gasteiger partial charge < -0.3 is 25.3 Å². The Kier molecular flexibility index (Phi) is 8.04. The van der Waals surface area contributed by atoms with Crippen LogP contribution in [0.1, 0.15) is 32.1 Å². The second kappa shape index (κ2) is 10.3. The smallest absolute Gasteiger partial charge is 0.249 e. The van der Waals surface area contributed by atoms with Crippen LogP contribution in [0.15, 0.2) is 0 Å². The Morgan fingerprint density at radius 3 is 2.68 bits per heavy atom. The molecule has 9 heteroatoms. The lowest BCUT2D eigenvalue weighted by atomic mass is 9.78. The molecule has 5 N–H and O–H groups in total. The van der Waals surface area contributed by atoms with Gasteiger partial charge in [-0.3, -0.25) is 20.3 Å². The van der Waals surface area contributed by atoms with Crippen LogP contribution in [-0.4, -0.2) is 88.6 Å². The lowest BCUT2D eigenvalue weighted by molar-refractivity contribution is -0.130. The maximum absolute atomic E-state index is 12.0. The molecule has 0 radical (unpaired) electrons. The molecule has 3 aliphatic rings. The predicted molar refractivity (Wildman–Crippen MR) is 105 cm³/mol. The average molecular weight is 400 g/mol. The average Bonchev–Trinajstić information content (AvgIpc) is 3.24. The van der Waals surface area contributed by atoms with E-state index in [4.69, 9.17) is 19.9 Å². The molecule has 2 heterocycles. The van der Waals surface area contributed by atoms with Crippen molar-refractivity contribution in [2.24, 2.45) is 11.7 Å². The van der Waals surface area contributed by atoms with Crippen molar-refractivity contribution in [1.29, 1.82) is 0 Å². The normalized spacial score (nSPS) is 38.4. The van der Waals surface area contributed by atoms with E-state index in [0.717, 1.165) is 38.6 Å². The van der Waals surface area contributed by atoms with Crippen LogP contribution in [0.25, 0.3) is 0 Å². The van der Waals surface area contributed by atoms with E-state index in [1.807, 2.05) is 0 Å². The first-order chi connectivity index (χ1) is 13.5. The third-order valence-corrected chi connectivity index (χ3v) is 6.36. The summed E-state index contributed by atoms with van der Waals surface area (Å²) in [5, 5.41) is 10.1. The molecular formula is C19H37N5O4. The number of hydrogen-bond acceptors (Lipinski definition) is 8. The molecule has 7 atom stereocenters. The number of nitrogens with one attached hydrogen (secondary N) is 3. The number of fused-ring (bicyclic) bond motifs is 1. The highest BCUT2D eigenvalue weighted by molar-refractivity contribution is 5.80. The van der Waals surface area contributed by atoms with Crippen LogP contribution in [0.2, 0.25) is 0 Å². The Morgan fingerprint density at radius 2 is 2.00 bits per heavy atom. The first kappa shape index (κ1) is 21.9. The van der Waals surface area contributed by atoms with Gasteiger partial charge in [0.05, 0.1) is 18.4 Å². The van der Waals surface area contributed by atoms with E-state index in [-0.39, 0.29) is 36.7 Å². The summed E-state index contributed by atoms with van der Waals surface area (Å²) in [4.78, 5) is 14.2. The van der Waals surface area contributed by atoms with Gasteiger partial charge in [0.15, 0.2) is 0 Å². The summed E-state index contributed by atoms with van der Waals surface area (Å²) in [6.45, 7) is 2.18. The molecule has 162 valence electrons. The molecule has 2 aliphatic heterocycles. The maximum Gasteiger partial charge on any atom is 0.249 e. The molecule has 1 amide bonds. The minimum Gasteiger partial charge on any atom is -0.379 e. The Labute approximate surface area is 168 Å². The van der Waals surface area contributed by atoms with Gasteiger partial charge in [0, 0.05) is 45.9 Å². The van der Waals surface area contributed by atoms with Crippen LogP contribution in [0, 0.1) is 5.92 Å². The van der Waals surface area contributed by atoms with Crippen molar-refractivity contribution in [3.63, 3.8) is 0 Å². The largest absolute Gasteiger partial charge is 0.379 e. The van der Waals surface area contributed by atoms with Crippen molar-refractivity contribution in [2.45, 2.75) is 68.9 Å². The molecule has 1 aliphatic carbocycles. The summed E-state index contributed by atoms with van der Waals surface area (Å²) in [5.41, 5.74) is 6.44. The van der Waals surface area contributed by atoms with Crippen molar-refractivity contribution in [1.82, 2.24) is 20.9 Å². The minimum absolute atomic E-state index is 0.00159. The zero-order chi connectivity index (χ0) is 20.1. The van der Waals surface area contributed by atoms with Gasteiger partial charge in [-0.1, -0.05) is 0 Å². The third-order valence-electron chi connectivity index (χ3n) is 6.36. The maximum atomic E-state index is 12.0. The molecule has 0 aromatic heterocycles. The van der Waals surface area contributed by atoms with Crippen LogP contribution < -0.4 is 21.7 Å². The van der Waals surface area contributed by atoms with E-state index in [0.29, 0.717) is 25.1 Å². The predicted octanol–water partition coefficient (Wildman–Crippen LogP) is -0.827. The van der Waals surface area contributed by atoms with E-state index in [1.54, 1.807) is 14.2 Å². The van der Waals surface area contributed by atoms with Crippen LogP contribution >= 0.6 is 0 Å². The molecule has 7 unspecified atom stereocenters. The molecule has 2 saturated heterocycles. The van der Waals surface area contributed by atoms with Crippen molar-refractivity contribution >= 4 is 5.91 Å². The first-order valence-electron chi connectivity index (χ1n) is 10.5. The number of nitrogens with two attached hydrogens (primary N) is 1. The quantitative estimate of drug-likeness (QED) is 0.392. The van der Waals surface area contributed by atoms with E-state index in [1.165, 1.54) is 0 Å². The van der Waals surface area contributed by atoms with Gasteiger partial charge >= 0.3 is 0 Å². The van der Waals surface area contributed by atoms with Crippen molar-refractivity contribution in [2.75, 3.05) is 41.0 Å². The molecule has 0 bridgehead atoms. The Morgan fingerprint density at radius 1 is 1.25 bits per heavy atom. The van der Waals surface area contributed by atoms with Gasteiger partial charge in [0.2, 0.25) is 5.91 Å². The lowest BCUT2D eigenvalue weighted by Crippen LogP contribution is -2.72. The molecule has 0 aromatic carbocycles. The van der Waals surface area contributed by atoms with E-state index in [2.05, 4.69) is 27.9 Å². The number of methoxy groups -OCH3 is 2. The highest BCUT2D eigenvalue weighted by atomic mass is 16.5. The van der Waals surface area contributed by atoms with Crippen molar-refractivity contribution in [3.05, 3.63) is 0 Å². The standard InChI is InChI=1S/C19H37N5O4/c1-24(8-5-7-21-18(25)14-6-4-9-28-14)19-22-13-11-16(27-3)15(26-2)10-12(13)17(20)23-19/h12-17,19,22-23H,4-11,20H2,1-3H3,(H,21,25). The molecule has 0 aromatic rings. The Hall–Kier alpha value is -0.810. The molecule has 28 heavy (non-hydrogen) atoms. The molecule has 3 fully saturated rings. The molecule has 1 saturated carbocycles. The Balaban J connectivity index is 1.42. The van der Waals surface area contributed by atoms with Crippen molar-refractivity contribution in [3.8, 4) is 0 Å². The first-order valence-corrected chi connectivity index (χ1v) is 10.5. The summed E-state index contributed by atoms with van der Waals surface area (Å²) in [5.74, 6) is 0.325. The van der Waals surface area contributed by atoms with Crippen LogP contribution in [0.3, 0.4) is 0 Å². The summed E-state index contributed by atoms with van der Waals surface area (Å²) < 4.78 is 16.6. The molecule has 3 rings (SSSR count). The SMILES string of the molecule is COC1CC2NC(N(C)CCCNC(=O)C3CCCO3)NC(N)C2CC1OC. The Bertz CT molecular complexity index is 505. The van der Waals surface area contributed by atoms with E-state index < -0.39 is 0 Å². The summed E-state index contributed by atoms with van der Waals surface area (Å²) >= 11 is 0. The second-order valence-electron chi connectivity index (χ2n) is 8.18. The highest BCUT2D eigenvalue weighted by Crippen LogP contribution is 2.32. The number of rotatable bonds is 8. The van der Waals surface area contributed by atoms with Crippen LogP contribution in [0.4, 0.5) is 0 Å². The number of carbonyl (C=O) groups is 1. The fraction of sp³-hybridized carbons (Fsp3) is 0.947. The number of ether oxygens (including phenoxy) is 3. The van der Waals surface area contributed by atoms with Gasteiger partial charge in [0.25, 0.3) is 0 Å². The molecule has 0 spiro atoms. The fourth-order valence-corrected chi connectivity index (χ4v) is 4.62. The third kappa shape index (κ3) is 5.21. The summed E-state index contributed by atoms with van der Waals surface area (Å²) in [6, 6.07) is 0.291. The second-order valence-corrected chi connectivity index (χ2v) is 8.18. The highest BCUT2D eigenvalue weighted by Gasteiger charge is 2.44. The van der Waals surface area contributed by atoms with Gasteiger partial charge in [-0.25, -0.2) is 0 Å². The summed E-state index contributed by atoms with van der Waals surface area (Å²) in [7, 11) is 5.54. The number of amides is 1. The van der Waals surface area contributed by atoms with Gasteiger partial charge in [0.1, 0.15) is 12.4 Å². The minimum atomic E-state index is -0.259. The van der Waals surface area contributed by atoms with Gasteiger partial charge in [-0.2, -0.15) is 0 Å². The molecular weight excluding hydrogens is 362 g/mol. The van der Waals surface area contributed by atoms with Crippen LogP contribution in [-0.2, 0) is 19.0 Å². The van der Waals surface area contributed by atoms with E-state index >= 15 is 0 Å². The number of carbonyl (C=O) groups excluding carboxylic acids is 1. The zero-order valence-electron chi connectivity index (χ0n) is 17.4. The van der Waals surface area contributed by atoms with Gasteiger partial charge in [-0.15, -0.1) is 0 Å². The zero-order valence-corrected chi connectivity index (χ0v) is 17.4. The van der Waals surface area contributed by atoms with Crippen LogP contribution in [0.5, 0.6) is 0 Å². The monoisotopic (exact) mass is 399 g/mol. The van der Waals surface area contributed by atoms with Crippen molar-refractivity contribution < 1.29 is 19.0 Å². The fourth-order valence-electron chi connectivity index (χ4n) is 4.62. The number of nitrogens with zero attached hydrogens (tertiary/aromatic N) is 1. The topological polar surface area (TPSA) is 110 Å². The van der Waals surface area contributed by atoms with Gasteiger partial charge in [-0.05, 0) is 39.2 Å². The molecule has 9 nitrogen and oxygen atoms in total. The van der Waals surface area contributed by atoms with E-state index in [9.17, 15) is 4.79 Å². The lowest BCUT2D eigenvalue weighted by Gasteiger charge is -2.50.